The summed E-state index contributed by atoms with van der Waals surface area (Å²) >= 11 is 0. The van der Waals surface area contributed by atoms with Crippen LogP contribution in [-0.4, -0.2) is 54.2 Å². The summed E-state index contributed by atoms with van der Waals surface area (Å²) in [6.07, 6.45) is 3.45. The van der Waals surface area contributed by atoms with Crippen molar-refractivity contribution in [2.24, 2.45) is 12.0 Å². The Kier molecular flexibility index (Phi) is 6.47. The van der Waals surface area contributed by atoms with Crippen LogP contribution in [0.3, 0.4) is 0 Å². The summed E-state index contributed by atoms with van der Waals surface area (Å²) in [5.74, 6) is 0.661. The Bertz CT molecular complexity index is 428. The minimum Gasteiger partial charge on any atom is -0.383 e. The van der Waals surface area contributed by atoms with Gasteiger partial charge in [-0.2, -0.15) is 5.10 Å². The van der Waals surface area contributed by atoms with Gasteiger partial charge in [0, 0.05) is 39.0 Å². The molecule has 7 nitrogen and oxygen atoms in total. The lowest BCUT2D eigenvalue weighted by Crippen LogP contribution is -2.40. The number of aromatic nitrogens is 2. The maximum atomic E-state index is 10.4. The average molecular weight is 283 g/mol. The van der Waals surface area contributed by atoms with Crippen molar-refractivity contribution in [1.29, 1.82) is 0 Å². The van der Waals surface area contributed by atoms with Crippen LogP contribution < -0.4 is 10.6 Å². The molecule has 0 fully saturated rings. The fourth-order valence-electron chi connectivity index (χ4n) is 1.64. The number of guanidine groups is 1. The first-order chi connectivity index (χ1) is 9.49. The van der Waals surface area contributed by atoms with E-state index in [4.69, 9.17) is 4.74 Å². The summed E-state index contributed by atoms with van der Waals surface area (Å²) in [6, 6.07) is 0. The number of ether oxygens (including phenoxy) is 1. The van der Waals surface area contributed by atoms with Crippen LogP contribution in [0, 0.1) is 0 Å². The standard InChI is InChI=1S/C13H25N5O2/c1-5-14-12(15-6-7-20-4)16-10-13(2,19)11-8-17-18(3)9-11/h8-9,19H,5-7,10H2,1-4H3,(H2,14,15,16). The number of aliphatic imine (C=N–C) groups is 1. The van der Waals surface area contributed by atoms with Crippen LogP contribution in [0.4, 0.5) is 0 Å². The summed E-state index contributed by atoms with van der Waals surface area (Å²) in [7, 11) is 3.47. The molecule has 0 radical (unpaired) electrons. The predicted molar refractivity (Wildman–Crippen MR) is 78.6 cm³/mol. The van der Waals surface area contributed by atoms with E-state index in [0.29, 0.717) is 19.1 Å². The molecule has 1 rings (SSSR count). The fourth-order valence-corrected chi connectivity index (χ4v) is 1.64. The maximum absolute atomic E-state index is 10.4. The van der Waals surface area contributed by atoms with E-state index in [1.807, 2.05) is 14.0 Å². The molecule has 1 atom stereocenters. The highest BCUT2D eigenvalue weighted by Crippen LogP contribution is 2.19. The van der Waals surface area contributed by atoms with Gasteiger partial charge in [0.05, 0.1) is 19.3 Å². The van der Waals surface area contributed by atoms with Crippen LogP contribution in [0.1, 0.15) is 19.4 Å². The number of nitrogens with zero attached hydrogens (tertiary/aromatic N) is 3. The SMILES string of the molecule is CCNC(=NCC(C)(O)c1cnn(C)c1)NCCOC. The Hall–Kier alpha value is -1.60. The third-order valence-corrected chi connectivity index (χ3v) is 2.81. The first kappa shape index (κ1) is 16.5. The zero-order chi connectivity index (χ0) is 15.0. The quantitative estimate of drug-likeness (QED) is 0.367. The molecular formula is C13H25N5O2. The fraction of sp³-hybridized carbons (Fsp3) is 0.692. The van der Waals surface area contributed by atoms with Gasteiger partial charge in [-0.1, -0.05) is 0 Å². The zero-order valence-corrected chi connectivity index (χ0v) is 12.7. The van der Waals surface area contributed by atoms with Gasteiger partial charge in [0.1, 0.15) is 5.60 Å². The highest BCUT2D eigenvalue weighted by Gasteiger charge is 2.24. The van der Waals surface area contributed by atoms with Gasteiger partial charge in [0.25, 0.3) is 0 Å². The normalized spacial score (nSPS) is 14.9. The largest absolute Gasteiger partial charge is 0.383 e. The minimum atomic E-state index is -1.04. The van der Waals surface area contributed by atoms with Crippen LogP contribution in [0.25, 0.3) is 0 Å². The molecule has 3 N–H and O–H groups in total. The summed E-state index contributed by atoms with van der Waals surface area (Å²) in [6.45, 7) is 5.99. The van der Waals surface area contributed by atoms with E-state index in [-0.39, 0.29) is 6.54 Å². The minimum absolute atomic E-state index is 0.251. The van der Waals surface area contributed by atoms with E-state index in [9.17, 15) is 5.11 Å². The summed E-state index contributed by atoms with van der Waals surface area (Å²) in [5.41, 5.74) is -0.297. The van der Waals surface area contributed by atoms with Crippen LogP contribution in [0.2, 0.25) is 0 Å². The van der Waals surface area contributed by atoms with Gasteiger partial charge in [0.15, 0.2) is 5.96 Å². The molecule has 114 valence electrons. The second kappa shape index (κ2) is 7.86. The van der Waals surface area contributed by atoms with Crippen molar-refractivity contribution < 1.29 is 9.84 Å². The Balaban J connectivity index is 2.64. The number of aliphatic hydroxyl groups is 1. The Labute approximate surface area is 120 Å². The van der Waals surface area contributed by atoms with Crippen molar-refractivity contribution in [1.82, 2.24) is 20.4 Å². The Morgan fingerprint density at radius 2 is 2.30 bits per heavy atom. The van der Waals surface area contributed by atoms with Gasteiger partial charge in [0.2, 0.25) is 0 Å². The van der Waals surface area contributed by atoms with Gasteiger partial charge < -0.3 is 20.5 Å². The van der Waals surface area contributed by atoms with Crippen molar-refractivity contribution in [2.45, 2.75) is 19.4 Å². The molecular weight excluding hydrogens is 258 g/mol. The van der Waals surface area contributed by atoms with E-state index >= 15 is 0 Å². The monoisotopic (exact) mass is 283 g/mol. The number of hydrogen-bond acceptors (Lipinski definition) is 4. The number of aryl methyl sites for hydroxylation is 1. The lowest BCUT2D eigenvalue weighted by atomic mass is 10.0. The second-order valence-electron chi connectivity index (χ2n) is 4.79. The maximum Gasteiger partial charge on any atom is 0.191 e. The molecule has 7 heteroatoms. The van der Waals surface area contributed by atoms with E-state index < -0.39 is 5.60 Å². The van der Waals surface area contributed by atoms with Gasteiger partial charge in [-0.3, -0.25) is 4.68 Å². The molecule has 20 heavy (non-hydrogen) atoms. The van der Waals surface area contributed by atoms with Crippen LogP contribution >= 0.6 is 0 Å². The molecule has 1 aromatic heterocycles. The van der Waals surface area contributed by atoms with Crippen molar-refractivity contribution in [3.63, 3.8) is 0 Å². The van der Waals surface area contributed by atoms with Crippen LogP contribution in [0.5, 0.6) is 0 Å². The molecule has 0 saturated carbocycles. The molecule has 0 aliphatic heterocycles. The summed E-state index contributed by atoms with van der Waals surface area (Å²) < 4.78 is 6.64. The Morgan fingerprint density at radius 3 is 2.85 bits per heavy atom. The third kappa shape index (κ3) is 5.18. The summed E-state index contributed by atoms with van der Waals surface area (Å²) in [4.78, 5) is 4.39. The third-order valence-electron chi connectivity index (χ3n) is 2.81. The smallest absolute Gasteiger partial charge is 0.191 e. The number of methoxy groups -OCH3 is 1. The molecule has 0 aromatic carbocycles. The van der Waals surface area contributed by atoms with Gasteiger partial charge in [-0.25, -0.2) is 4.99 Å². The van der Waals surface area contributed by atoms with Gasteiger partial charge >= 0.3 is 0 Å². The molecule has 0 amide bonds. The predicted octanol–water partition coefficient (Wildman–Crippen LogP) is -0.171. The molecule has 1 aromatic rings. The van der Waals surface area contributed by atoms with E-state index in [2.05, 4.69) is 20.7 Å². The number of rotatable bonds is 7. The van der Waals surface area contributed by atoms with Crippen molar-refractivity contribution in [3.05, 3.63) is 18.0 Å². The highest BCUT2D eigenvalue weighted by molar-refractivity contribution is 5.79. The lowest BCUT2D eigenvalue weighted by Gasteiger charge is -2.20. The zero-order valence-electron chi connectivity index (χ0n) is 12.7. The Morgan fingerprint density at radius 1 is 1.55 bits per heavy atom. The molecule has 0 aliphatic rings. The molecule has 1 unspecified atom stereocenters. The first-order valence-electron chi connectivity index (χ1n) is 6.72. The summed E-state index contributed by atoms with van der Waals surface area (Å²) in [5, 5.41) is 20.8. The van der Waals surface area contributed by atoms with E-state index in [1.54, 1.807) is 31.1 Å². The molecule has 0 saturated heterocycles. The van der Waals surface area contributed by atoms with E-state index in [1.165, 1.54) is 0 Å². The number of nitrogens with one attached hydrogen (secondary N) is 2. The van der Waals surface area contributed by atoms with Crippen molar-refractivity contribution >= 4 is 5.96 Å². The molecule has 0 bridgehead atoms. The molecule has 1 heterocycles. The molecule has 0 spiro atoms. The van der Waals surface area contributed by atoms with Crippen LogP contribution in [0.15, 0.2) is 17.4 Å². The lowest BCUT2D eigenvalue weighted by molar-refractivity contribution is 0.0671. The second-order valence-corrected chi connectivity index (χ2v) is 4.79. The molecule has 0 aliphatic carbocycles. The van der Waals surface area contributed by atoms with Gasteiger partial charge in [-0.05, 0) is 13.8 Å². The van der Waals surface area contributed by atoms with Gasteiger partial charge in [-0.15, -0.1) is 0 Å². The van der Waals surface area contributed by atoms with E-state index in [0.717, 1.165) is 12.1 Å². The topological polar surface area (TPSA) is 83.7 Å². The first-order valence-corrected chi connectivity index (χ1v) is 6.72. The highest BCUT2D eigenvalue weighted by atomic mass is 16.5. The number of hydrogen-bond donors (Lipinski definition) is 3. The average Bonchev–Trinajstić information content (AvgIpc) is 2.84. The van der Waals surface area contributed by atoms with Crippen LogP contribution in [-0.2, 0) is 17.4 Å². The van der Waals surface area contributed by atoms with Crippen molar-refractivity contribution in [2.75, 3.05) is 33.4 Å². The van der Waals surface area contributed by atoms with Crippen molar-refractivity contribution in [3.8, 4) is 0 Å².